The minimum Gasteiger partial charge on any atom is -0.381 e. The van der Waals surface area contributed by atoms with E-state index in [-0.39, 0.29) is 17.9 Å². The van der Waals surface area contributed by atoms with Crippen molar-refractivity contribution in [1.82, 2.24) is 14.9 Å². The number of para-hydroxylation sites is 1. The number of benzene rings is 1. The summed E-state index contributed by atoms with van der Waals surface area (Å²) < 4.78 is 6.86. The van der Waals surface area contributed by atoms with Crippen molar-refractivity contribution in [1.29, 1.82) is 0 Å². The van der Waals surface area contributed by atoms with Crippen molar-refractivity contribution in [3.8, 4) is 0 Å². The summed E-state index contributed by atoms with van der Waals surface area (Å²) in [5.74, 6) is 0.993. The van der Waals surface area contributed by atoms with Crippen LogP contribution in [-0.2, 0) is 16.1 Å². The second kappa shape index (κ2) is 6.91. The number of aryl methyl sites for hydroxylation is 1. The zero-order valence-electron chi connectivity index (χ0n) is 13.2. The Morgan fingerprint density at radius 1 is 1.43 bits per heavy atom. The maximum atomic E-state index is 12.5. The molecule has 1 N–H and O–H groups in total. The number of ether oxygens (including phenoxy) is 1. The number of hydrogen-bond donors (Lipinski definition) is 1. The van der Waals surface area contributed by atoms with Crippen LogP contribution in [0.5, 0.6) is 0 Å². The van der Waals surface area contributed by atoms with Gasteiger partial charge in [0.1, 0.15) is 5.82 Å². The van der Waals surface area contributed by atoms with Gasteiger partial charge in [0.15, 0.2) is 0 Å². The molecule has 1 amide bonds. The Kier molecular flexibility index (Phi) is 4.71. The molecule has 2 heterocycles. The fourth-order valence-electron chi connectivity index (χ4n) is 2.85. The average Bonchev–Trinajstić information content (AvgIpc) is 3.06. The largest absolute Gasteiger partial charge is 0.381 e. The highest BCUT2D eigenvalue weighted by Gasteiger charge is 2.16. The van der Waals surface area contributed by atoms with Crippen LogP contribution < -0.4 is 10.9 Å². The van der Waals surface area contributed by atoms with E-state index in [9.17, 15) is 9.59 Å². The number of nitrogens with one attached hydrogen (secondary N) is 1. The molecule has 2 aromatic rings. The van der Waals surface area contributed by atoms with Gasteiger partial charge in [0.05, 0.1) is 17.5 Å². The molecular weight excluding hydrogens is 294 g/mol. The van der Waals surface area contributed by atoms with E-state index in [1.807, 2.05) is 18.2 Å². The summed E-state index contributed by atoms with van der Waals surface area (Å²) >= 11 is 0. The Morgan fingerprint density at radius 3 is 3.04 bits per heavy atom. The average molecular weight is 315 g/mol. The molecule has 6 nitrogen and oxygen atoms in total. The van der Waals surface area contributed by atoms with Gasteiger partial charge < -0.3 is 10.1 Å². The van der Waals surface area contributed by atoms with Crippen molar-refractivity contribution in [3.05, 3.63) is 40.4 Å². The van der Waals surface area contributed by atoms with Gasteiger partial charge in [-0.15, -0.1) is 0 Å². The second-order valence-electron chi connectivity index (χ2n) is 5.92. The Hall–Kier alpha value is -2.21. The third-order valence-electron chi connectivity index (χ3n) is 4.23. The minimum absolute atomic E-state index is 0.0450. The topological polar surface area (TPSA) is 73.2 Å². The zero-order chi connectivity index (χ0) is 16.2. The maximum absolute atomic E-state index is 12.5. The van der Waals surface area contributed by atoms with Crippen molar-refractivity contribution >= 4 is 16.8 Å². The lowest BCUT2D eigenvalue weighted by Crippen LogP contribution is -2.32. The Balaban J connectivity index is 1.64. The standard InChI is InChI=1S/C17H21N3O3/c1-12-19-15-5-3-2-4-14(15)17(22)20(12)8-6-16(21)18-10-13-7-9-23-11-13/h2-5,13H,6-11H2,1H3,(H,18,21). The number of hydrogen-bond acceptors (Lipinski definition) is 4. The van der Waals surface area contributed by atoms with Crippen LogP contribution in [0.15, 0.2) is 29.1 Å². The summed E-state index contributed by atoms with van der Waals surface area (Å²) in [6.07, 6.45) is 1.27. The van der Waals surface area contributed by atoms with Crippen LogP contribution in [0.3, 0.4) is 0 Å². The number of fused-ring (bicyclic) bond motifs is 1. The molecule has 0 radical (unpaired) electrons. The number of carbonyl (C=O) groups excluding carboxylic acids is 1. The van der Waals surface area contributed by atoms with E-state index in [1.165, 1.54) is 0 Å². The summed E-state index contributed by atoms with van der Waals surface area (Å²) in [7, 11) is 0. The molecule has 3 rings (SSSR count). The summed E-state index contributed by atoms with van der Waals surface area (Å²) in [5.41, 5.74) is 0.599. The van der Waals surface area contributed by atoms with Gasteiger partial charge in [0, 0.05) is 32.0 Å². The Morgan fingerprint density at radius 2 is 2.26 bits per heavy atom. The Bertz CT molecular complexity index is 763. The number of carbonyl (C=O) groups is 1. The molecule has 1 aromatic heterocycles. The van der Waals surface area contributed by atoms with Gasteiger partial charge in [-0.1, -0.05) is 12.1 Å². The van der Waals surface area contributed by atoms with E-state index in [2.05, 4.69) is 10.3 Å². The molecular formula is C17H21N3O3. The van der Waals surface area contributed by atoms with Gasteiger partial charge >= 0.3 is 0 Å². The lowest BCUT2D eigenvalue weighted by molar-refractivity contribution is -0.121. The van der Waals surface area contributed by atoms with Gasteiger partial charge in [0.25, 0.3) is 5.56 Å². The highest BCUT2D eigenvalue weighted by molar-refractivity contribution is 5.77. The van der Waals surface area contributed by atoms with Crippen LogP contribution in [0, 0.1) is 12.8 Å². The smallest absolute Gasteiger partial charge is 0.261 e. The van der Waals surface area contributed by atoms with Gasteiger partial charge in [-0.2, -0.15) is 0 Å². The quantitative estimate of drug-likeness (QED) is 0.901. The third-order valence-corrected chi connectivity index (χ3v) is 4.23. The lowest BCUT2D eigenvalue weighted by atomic mass is 10.1. The normalized spacial score (nSPS) is 17.5. The van der Waals surface area contributed by atoms with Crippen molar-refractivity contribution in [2.45, 2.75) is 26.3 Å². The predicted octanol–water partition coefficient (Wildman–Crippen LogP) is 1.25. The molecule has 1 atom stereocenters. The fraction of sp³-hybridized carbons (Fsp3) is 0.471. The monoisotopic (exact) mass is 315 g/mol. The molecule has 1 aromatic carbocycles. The molecule has 1 saturated heterocycles. The summed E-state index contributed by atoms with van der Waals surface area (Å²) in [6.45, 7) is 4.27. The first-order chi connectivity index (χ1) is 11.1. The van der Waals surface area contributed by atoms with E-state index >= 15 is 0 Å². The first-order valence-electron chi connectivity index (χ1n) is 7.96. The zero-order valence-corrected chi connectivity index (χ0v) is 13.2. The number of aromatic nitrogens is 2. The SMILES string of the molecule is Cc1nc2ccccc2c(=O)n1CCC(=O)NCC1CCOC1. The number of nitrogens with zero attached hydrogens (tertiary/aromatic N) is 2. The molecule has 1 aliphatic heterocycles. The first kappa shape index (κ1) is 15.7. The third kappa shape index (κ3) is 3.59. The van der Waals surface area contributed by atoms with Crippen molar-refractivity contribution in [3.63, 3.8) is 0 Å². The van der Waals surface area contributed by atoms with Gasteiger partial charge in [-0.25, -0.2) is 4.98 Å². The first-order valence-corrected chi connectivity index (χ1v) is 7.96. The maximum Gasteiger partial charge on any atom is 0.261 e. The van der Waals surface area contributed by atoms with Crippen molar-refractivity contribution in [2.24, 2.45) is 5.92 Å². The number of rotatable bonds is 5. The van der Waals surface area contributed by atoms with E-state index in [4.69, 9.17) is 4.74 Å². The second-order valence-corrected chi connectivity index (χ2v) is 5.92. The van der Waals surface area contributed by atoms with Crippen molar-refractivity contribution < 1.29 is 9.53 Å². The van der Waals surface area contributed by atoms with E-state index < -0.39 is 0 Å². The highest BCUT2D eigenvalue weighted by atomic mass is 16.5. The number of amides is 1. The van der Waals surface area contributed by atoms with Gasteiger partial charge in [-0.3, -0.25) is 14.2 Å². The molecule has 0 bridgehead atoms. The summed E-state index contributed by atoms with van der Waals surface area (Å²) in [4.78, 5) is 28.9. The molecule has 6 heteroatoms. The van der Waals surface area contributed by atoms with Crippen LogP contribution in [-0.4, -0.2) is 35.2 Å². The van der Waals surface area contributed by atoms with Crippen molar-refractivity contribution in [2.75, 3.05) is 19.8 Å². The van der Waals surface area contributed by atoms with E-state index in [1.54, 1.807) is 17.6 Å². The predicted molar refractivity (Wildman–Crippen MR) is 87.3 cm³/mol. The van der Waals surface area contributed by atoms with Crippen LogP contribution in [0.25, 0.3) is 10.9 Å². The van der Waals surface area contributed by atoms with Gasteiger partial charge in [-0.05, 0) is 25.5 Å². The van der Waals surface area contributed by atoms with Gasteiger partial charge in [0.2, 0.25) is 5.91 Å². The molecule has 1 unspecified atom stereocenters. The van der Waals surface area contributed by atoms with Crippen LogP contribution >= 0.6 is 0 Å². The summed E-state index contributed by atoms with van der Waals surface area (Å²) in [5, 5.41) is 3.50. The van der Waals surface area contributed by atoms with E-state index in [0.717, 1.165) is 13.0 Å². The summed E-state index contributed by atoms with van der Waals surface area (Å²) in [6, 6.07) is 7.27. The molecule has 0 spiro atoms. The van der Waals surface area contributed by atoms with Crippen LogP contribution in [0.1, 0.15) is 18.7 Å². The lowest BCUT2D eigenvalue weighted by Gasteiger charge is -2.12. The molecule has 0 aliphatic carbocycles. The fourth-order valence-corrected chi connectivity index (χ4v) is 2.85. The van der Waals surface area contributed by atoms with Crippen LogP contribution in [0.4, 0.5) is 0 Å². The minimum atomic E-state index is -0.0925. The molecule has 0 saturated carbocycles. The molecule has 1 aliphatic rings. The molecule has 23 heavy (non-hydrogen) atoms. The van der Waals surface area contributed by atoms with Crippen LogP contribution in [0.2, 0.25) is 0 Å². The Labute approximate surface area is 134 Å². The molecule has 1 fully saturated rings. The van der Waals surface area contributed by atoms with E-state index in [0.29, 0.717) is 42.3 Å². The highest BCUT2D eigenvalue weighted by Crippen LogP contribution is 2.11. The molecule has 122 valence electrons.